The van der Waals surface area contributed by atoms with Crippen molar-refractivity contribution in [2.45, 2.75) is 6.92 Å². The molecule has 3 rings (SSSR count). The van der Waals surface area contributed by atoms with Crippen LogP contribution in [-0.2, 0) is 7.05 Å². The SMILES string of the molecule is Cc1c(/C=N/NC(=O)c2cc(Br)ccc2O)c2ccccc2n1C. The number of phenols is 1. The molecule has 24 heavy (non-hydrogen) atoms. The van der Waals surface area contributed by atoms with Crippen molar-refractivity contribution in [1.29, 1.82) is 0 Å². The highest BCUT2D eigenvalue weighted by molar-refractivity contribution is 9.10. The third-order valence-electron chi connectivity index (χ3n) is 4.01. The number of hydrogen-bond donors (Lipinski definition) is 2. The molecule has 5 nitrogen and oxygen atoms in total. The van der Waals surface area contributed by atoms with E-state index in [1.165, 1.54) is 6.07 Å². The molecule has 0 fully saturated rings. The fourth-order valence-corrected chi connectivity index (χ4v) is 2.98. The summed E-state index contributed by atoms with van der Waals surface area (Å²) in [6, 6.07) is 12.7. The molecule has 122 valence electrons. The number of aromatic nitrogens is 1. The first-order chi connectivity index (χ1) is 11.5. The van der Waals surface area contributed by atoms with Crippen LogP contribution in [0.1, 0.15) is 21.6 Å². The Morgan fingerprint density at radius 2 is 2.04 bits per heavy atom. The van der Waals surface area contributed by atoms with Crippen LogP contribution < -0.4 is 5.43 Å². The smallest absolute Gasteiger partial charge is 0.275 e. The number of halogens is 1. The lowest BCUT2D eigenvalue weighted by molar-refractivity contribution is 0.0952. The lowest BCUT2D eigenvalue weighted by Gasteiger charge is -2.03. The van der Waals surface area contributed by atoms with Crippen LogP contribution >= 0.6 is 15.9 Å². The Kier molecular flexibility index (Phi) is 4.40. The average Bonchev–Trinajstić information content (AvgIpc) is 2.82. The molecule has 1 aromatic heterocycles. The van der Waals surface area contributed by atoms with Gasteiger partial charge < -0.3 is 9.67 Å². The number of amides is 1. The fraction of sp³-hybridized carbons (Fsp3) is 0.111. The van der Waals surface area contributed by atoms with Crippen LogP contribution in [0.3, 0.4) is 0 Å². The first-order valence-electron chi connectivity index (χ1n) is 7.35. The highest BCUT2D eigenvalue weighted by Crippen LogP contribution is 2.23. The molecular formula is C18H16BrN3O2. The average molecular weight is 386 g/mol. The van der Waals surface area contributed by atoms with Crippen LogP contribution in [0, 0.1) is 6.92 Å². The summed E-state index contributed by atoms with van der Waals surface area (Å²) < 4.78 is 2.79. The molecular weight excluding hydrogens is 370 g/mol. The van der Waals surface area contributed by atoms with E-state index in [2.05, 4.69) is 31.0 Å². The molecule has 0 saturated carbocycles. The van der Waals surface area contributed by atoms with Crippen molar-refractivity contribution >= 4 is 39.0 Å². The zero-order chi connectivity index (χ0) is 17.3. The monoisotopic (exact) mass is 385 g/mol. The number of para-hydroxylation sites is 1. The maximum atomic E-state index is 12.2. The number of aromatic hydroxyl groups is 1. The number of nitrogens with one attached hydrogen (secondary N) is 1. The second kappa shape index (κ2) is 6.49. The van der Waals surface area contributed by atoms with E-state index in [0.29, 0.717) is 4.47 Å². The van der Waals surface area contributed by atoms with Gasteiger partial charge in [0.15, 0.2) is 0 Å². The van der Waals surface area contributed by atoms with Gasteiger partial charge in [-0.05, 0) is 31.2 Å². The first kappa shape index (κ1) is 16.3. The summed E-state index contributed by atoms with van der Waals surface area (Å²) in [5.74, 6) is -0.560. The number of aryl methyl sites for hydroxylation is 1. The van der Waals surface area contributed by atoms with Gasteiger partial charge in [0.2, 0.25) is 0 Å². The Bertz CT molecular complexity index is 960. The molecule has 0 radical (unpaired) electrons. The van der Waals surface area contributed by atoms with Gasteiger partial charge in [0.05, 0.1) is 11.8 Å². The lowest BCUT2D eigenvalue weighted by Crippen LogP contribution is -2.17. The van der Waals surface area contributed by atoms with Crippen LogP contribution in [0.25, 0.3) is 10.9 Å². The number of rotatable bonds is 3. The minimum Gasteiger partial charge on any atom is -0.507 e. The Labute approximate surface area is 147 Å². The molecule has 0 aliphatic carbocycles. The fourth-order valence-electron chi connectivity index (χ4n) is 2.62. The topological polar surface area (TPSA) is 66.6 Å². The highest BCUT2D eigenvalue weighted by atomic mass is 79.9. The van der Waals surface area contributed by atoms with E-state index >= 15 is 0 Å². The van der Waals surface area contributed by atoms with Crippen molar-refractivity contribution in [3.8, 4) is 5.75 Å². The second-order valence-corrected chi connectivity index (χ2v) is 6.35. The van der Waals surface area contributed by atoms with E-state index < -0.39 is 5.91 Å². The zero-order valence-corrected chi connectivity index (χ0v) is 14.8. The summed E-state index contributed by atoms with van der Waals surface area (Å²) in [7, 11) is 1.99. The number of benzene rings is 2. The Hall–Kier alpha value is -2.60. The van der Waals surface area contributed by atoms with E-state index in [0.717, 1.165) is 22.2 Å². The third-order valence-corrected chi connectivity index (χ3v) is 4.50. The summed E-state index contributed by atoms with van der Waals surface area (Å²) in [4.78, 5) is 12.2. The van der Waals surface area contributed by atoms with Gasteiger partial charge in [-0.25, -0.2) is 5.43 Å². The lowest BCUT2D eigenvalue weighted by atomic mass is 10.1. The van der Waals surface area contributed by atoms with Crippen LogP contribution in [-0.4, -0.2) is 21.8 Å². The highest BCUT2D eigenvalue weighted by Gasteiger charge is 2.12. The largest absolute Gasteiger partial charge is 0.507 e. The molecule has 3 aromatic rings. The summed E-state index contributed by atoms with van der Waals surface area (Å²) in [6.45, 7) is 2.00. The van der Waals surface area contributed by atoms with E-state index in [1.807, 2.05) is 38.2 Å². The number of carbonyl (C=O) groups is 1. The van der Waals surface area contributed by atoms with Crippen LogP contribution in [0.15, 0.2) is 52.0 Å². The van der Waals surface area contributed by atoms with Crippen molar-refractivity contribution in [2.24, 2.45) is 12.1 Å². The number of nitrogens with zero attached hydrogens (tertiary/aromatic N) is 2. The molecule has 0 spiro atoms. The second-order valence-electron chi connectivity index (χ2n) is 5.44. The van der Waals surface area contributed by atoms with Crippen molar-refractivity contribution in [1.82, 2.24) is 9.99 Å². The Morgan fingerprint density at radius 1 is 1.29 bits per heavy atom. The number of phenolic OH excluding ortho intramolecular Hbond substituents is 1. The van der Waals surface area contributed by atoms with Crippen LogP contribution in [0.4, 0.5) is 0 Å². The number of fused-ring (bicyclic) bond motifs is 1. The summed E-state index contributed by atoms with van der Waals surface area (Å²) >= 11 is 3.28. The molecule has 1 heterocycles. The molecule has 2 aromatic carbocycles. The Balaban J connectivity index is 1.86. The van der Waals surface area contributed by atoms with Crippen LogP contribution in [0.5, 0.6) is 5.75 Å². The number of hydrazone groups is 1. The van der Waals surface area contributed by atoms with Gasteiger partial charge in [0.1, 0.15) is 5.75 Å². The number of carbonyl (C=O) groups excluding carboxylic acids is 1. The molecule has 2 N–H and O–H groups in total. The summed E-state index contributed by atoms with van der Waals surface area (Å²) in [5.41, 5.74) is 5.73. The van der Waals surface area contributed by atoms with Gasteiger partial charge in [-0.1, -0.05) is 34.1 Å². The molecule has 0 unspecified atom stereocenters. The van der Waals surface area contributed by atoms with Gasteiger partial charge in [0, 0.05) is 33.7 Å². The minimum atomic E-state index is -0.470. The predicted octanol–water partition coefficient (Wildman–Crippen LogP) is 3.72. The number of hydrogen-bond acceptors (Lipinski definition) is 3. The normalized spacial score (nSPS) is 11.3. The first-order valence-corrected chi connectivity index (χ1v) is 8.14. The van der Waals surface area contributed by atoms with E-state index in [9.17, 15) is 9.90 Å². The van der Waals surface area contributed by atoms with E-state index in [4.69, 9.17) is 0 Å². The maximum absolute atomic E-state index is 12.2. The van der Waals surface area contributed by atoms with Crippen molar-refractivity contribution in [3.63, 3.8) is 0 Å². The van der Waals surface area contributed by atoms with Crippen LogP contribution in [0.2, 0.25) is 0 Å². The van der Waals surface area contributed by atoms with Gasteiger partial charge in [-0.3, -0.25) is 4.79 Å². The van der Waals surface area contributed by atoms with E-state index in [1.54, 1.807) is 18.3 Å². The Morgan fingerprint density at radius 3 is 2.83 bits per heavy atom. The van der Waals surface area contributed by atoms with Gasteiger partial charge >= 0.3 is 0 Å². The summed E-state index contributed by atoms with van der Waals surface area (Å²) in [6.07, 6.45) is 1.63. The molecule has 0 aliphatic rings. The quantitative estimate of drug-likeness (QED) is 0.532. The van der Waals surface area contributed by atoms with Gasteiger partial charge in [0.25, 0.3) is 5.91 Å². The van der Waals surface area contributed by atoms with Crippen molar-refractivity contribution in [3.05, 3.63) is 63.8 Å². The molecule has 0 saturated heterocycles. The maximum Gasteiger partial charge on any atom is 0.275 e. The van der Waals surface area contributed by atoms with E-state index in [-0.39, 0.29) is 11.3 Å². The molecule has 0 aliphatic heterocycles. The minimum absolute atomic E-state index is 0.0905. The van der Waals surface area contributed by atoms with Gasteiger partial charge in [-0.2, -0.15) is 5.10 Å². The zero-order valence-electron chi connectivity index (χ0n) is 13.2. The standard InChI is InChI=1S/C18H16BrN3O2/c1-11-15(13-5-3-4-6-16(13)22(11)2)10-20-21-18(24)14-9-12(19)7-8-17(14)23/h3-10,23H,1-2H3,(H,21,24)/b20-10+. The summed E-state index contributed by atoms with van der Waals surface area (Å²) in [5, 5.41) is 14.9. The molecule has 0 atom stereocenters. The van der Waals surface area contributed by atoms with Crippen molar-refractivity contribution in [2.75, 3.05) is 0 Å². The predicted molar refractivity (Wildman–Crippen MR) is 98.5 cm³/mol. The van der Waals surface area contributed by atoms with Crippen molar-refractivity contribution < 1.29 is 9.90 Å². The third kappa shape index (κ3) is 2.92. The molecule has 6 heteroatoms. The molecule has 0 bridgehead atoms. The van der Waals surface area contributed by atoms with Gasteiger partial charge in [-0.15, -0.1) is 0 Å². The molecule has 1 amide bonds.